The average Bonchev–Trinajstić information content (AvgIpc) is 3.91. The lowest BCUT2D eigenvalue weighted by molar-refractivity contribution is 0.403. The molecule has 8 aromatic carbocycles. The predicted molar refractivity (Wildman–Crippen MR) is 261 cm³/mol. The molecule has 0 amide bonds. The Labute approximate surface area is 367 Å². The summed E-state index contributed by atoms with van der Waals surface area (Å²) in [7, 11) is 0. The van der Waals surface area contributed by atoms with Gasteiger partial charge in [-0.15, -0.1) is 0 Å². The van der Waals surface area contributed by atoms with Crippen LogP contribution in [-0.2, 0) is 10.8 Å². The molecular weight excluding hydrogens is 767 g/mol. The van der Waals surface area contributed by atoms with Crippen LogP contribution in [0.4, 0.5) is 0 Å². The summed E-state index contributed by atoms with van der Waals surface area (Å²) in [5.74, 6) is 1.81. The van der Waals surface area contributed by atoms with Gasteiger partial charge in [0.25, 0.3) is 0 Å². The fourth-order valence-corrected chi connectivity index (χ4v) is 10.7. The SMILES string of the molecule is CC1(C)CC(C)(C)c2cc(-c3ccc(-n4c5ccccc5c5ccc6c7ccccc7n(-c7nc(-c8ccccc8)nc(-c8ccc(-c9ccccc9)cc8)n7)c6c54)cc3)ccc21. The van der Waals surface area contributed by atoms with E-state index in [-0.39, 0.29) is 10.8 Å². The highest BCUT2D eigenvalue weighted by Gasteiger charge is 2.41. The maximum atomic E-state index is 5.36. The summed E-state index contributed by atoms with van der Waals surface area (Å²) < 4.78 is 4.70. The Morgan fingerprint density at radius 3 is 1.44 bits per heavy atom. The van der Waals surface area contributed by atoms with E-state index in [2.05, 4.69) is 201 Å². The number of para-hydroxylation sites is 2. The molecule has 1 aliphatic carbocycles. The Morgan fingerprint density at radius 1 is 0.365 bits per heavy atom. The van der Waals surface area contributed by atoms with Gasteiger partial charge in [0.15, 0.2) is 11.6 Å². The lowest BCUT2D eigenvalue weighted by Gasteiger charge is -2.22. The van der Waals surface area contributed by atoms with Gasteiger partial charge in [0.1, 0.15) is 0 Å². The zero-order valence-electron chi connectivity index (χ0n) is 35.8. The zero-order valence-corrected chi connectivity index (χ0v) is 35.8. The minimum atomic E-state index is 0.135. The van der Waals surface area contributed by atoms with Crippen molar-refractivity contribution in [3.05, 3.63) is 199 Å². The van der Waals surface area contributed by atoms with Crippen LogP contribution in [0.15, 0.2) is 188 Å². The predicted octanol–water partition coefficient (Wildman–Crippen LogP) is 14.7. The first-order valence-corrected chi connectivity index (χ1v) is 21.9. The second-order valence-electron chi connectivity index (χ2n) is 18.4. The van der Waals surface area contributed by atoms with Gasteiger partial charge in [-0.05, 0) is 74.9 Å². The van der Waals surface area contributed by atoms with Crippen LogP contribution in [0.2, 0.25) is 0 Å². The monoisotopic (exact) mass is 811 g/mol. The normalized spacial score (nSPS) is 14.2. The Kier molecular flexibility index (Phi) is 8.23. The number of hydrogen-bond donors (Lipinski definition) is 0. The van der Waals surface area contributed by atoms with Crippen LogP contribution < -0.4 is 0 Å². The highest BCUT2D eigenvalue weighted by atomic mass is 15.2. The summed E-state index contributed by atoms with van der Waals surface area (Å²) in [6, 6.07) is 67.4. The first-order valence-electron chi connectivity index (χ1n) is 21.9. The van der Waals surface area contributed by atoms with Crippen LogP contribution in [0, 0.1) is 0 Å². The molecule has 0 unspecified atom stereocenters. The summed E-state index contributed by atoms with van der Waals surface area (Å²) in [6.45, 7) is 9.53. The van der Waals surface area contributed by atoms with Crippen LogP contribution in [-0.4, -0.2) is 24.1 Å². The summed E-state index contributed by atoms with van der Waals surface area (Å²) >= 11 is 0. The van der Waals surface area contributed by atoms with Gasteiger partial charge in [-0.2, -0.15) is 9.97 Å². The number of aromatic nitrogens is 5. The highest BCUT2D eigenvalue weighted by molar-refractivity contribution is 6.23. The molecule has 0 atom stereocenters. The molecule has 1 aliphatic rings. The van der Waals surface area contributed by atoms with Crippen molar-refractivity contribution in [3.8, 4) is 56.7 Å². The van der Waals surface area contributed by atoms with Crippen molar-refractivity contribution in [1.29, 1.82) is 0 Å². The molecule has 0 saturated heterocycles. The average molecular weight is 812 g/mol. The van der Waals surface area contributed by atoms with E-state index >= 15 is 0 Å². The van der Waals surface area contributed by atoms with Crippen molar-refractivity contribution in [3.63, 3.8) is 0 Å². The van der Waals surface area contributed by atoms with E-state index in [1.54, 1.807) is 0 Å². The Hall–Kier alpha value is -7.63. The maximum Gasteiger partial charge on any atom is 0.238 e. The Morgan fingerprint density at radius 2 is 0.810 bits per heavy atom. The van der Waals surface area contributed by atoms with Crippen molar-refractivity contribution in [1.82, 2.24) is 24.1 Å². The van der Waals surface area contributed by atoms with E-state index in [4.69, 9.17) is 15.0 Å². The van der Waals surface area contributed by atoms with Gasteiger partial charge in [-0.3, -0.25) is 4.57 Å². The number of nitrogens with zero attached hydrogens (tertiary/aromatic N) is 5. The molecule has 5 nitrogen and oxygen atoms in total. The molecule has 3 aromatic heterocycles. The molecule has 5 heteroatoms. The highest BCUT2D eigenvalue weighted by Crippen LogP contribution is 2.50. The fraction of sp³-hybridized carbons (Fsp3) is 0.121. The summed E-state index contributed by atoms with van der Waals surface area (Å²) in [5, 5.41) is 4.64. The van der Waals surface area contributed by atoms with Crippen molar-refractivity contribution in [2.24, 2.45) is 0 Å². The molecule has 12 rings (SSSR count). The largest absolute Gasteiger partial charge is 0.307 e. The summed E-state index contributed by atoms with van der Waals surface area (Å²) in [4.78, 5) is 15.8. The van der Waals surface area contributed by atoms with Crippen molar-refractivity contribution in [2.45, 2.75) is 44.9 Å². The molecule has 302 valence electrons. The van der Waals surface area contributed by atoms with E-state index in [9.17, 15) is 0 Å². The summed E-state index contributed by atoms with van der Waals surface area (Å²) in [5.41, 5.74) is 15.3. The number of rotatable bonds is 6. The van der Waals surface area contributed by atoms with Crippen molar-refractivity contribution in [2.75, 3.05) is 0 Å². The van der Waals surface area contributed by atoms with Crippen molar-refractivity contribution < 1.29 is 0 Å². The molecule has 0 saturated carbocycles. The zero-order chi connectivity index (χ0) is 42.5. The molecule has 0 bridgehead atoms. The molecule has 0 fully saturated rings. The van der Waals surface area contributed by atoms with E-state index in [0.29, 0.717) is 17.6 Å². The third-order valence-electron chi connectivity index (χ3n) is 13.4. The van der Waals surface area contributed by atoms with Gasteiger partial charge in [0.05, 0.1) is 22.1 Å². The quantitative estimate of drug-likeness (QED) is 0.168. The third kappa shape index (κ3) is 5.95. The first-order chi connectivity index (χ1) is 30.7. The van der Waals surface area contributed by atoms with Gasteiger partial charge < -0.3 is 4.57 Å². The molecule has 11 aromatic rings. The molecular formula is C58H45N5. The molecule has 0 spiro atoms. The van der Waals surface area contributed by atoms with E-state index in [0.717, 1.165) is 61.6 Å². The van der Waals surface area contributed by atoms with Gasteiger partial charge in [0, 0.05) is 38.4 Å². The number of benzene rings is 8. The lowest BCUT2D eigenvalue weighted by atomic mass is 9.82. The van der Waals surface area contributed by atoms with Gasteiger partial charge in [0.2, 0.25) is 5.95 Å². The van der Waals surface area contributed by atoms with Crippen LogP contribution in [0.25, 0.3) is 100 Å². The smallest absolute Gasteiger partial charge is 0.238 e. The number of hydrogen-bond acceptors (Lipinski definition) is 3. The molecule has 0 aliphatic heterocycles. The fourth-order valence-electron chi connectivity index (χ4n) is 10.7. The van der Waals surface area contributed by atoms with Crippen LogP contribution in [0.1, 0.15) is 45.2 Å². The standard InChI is InChI=1S/C58H45N5/c1-57(2)36-58(3,4)49-35-42(29-34-48(49)57)39-27-30-43(31-28-39)62-50-21-13-11-19-44(50)46-32-33-47-45-20-12-14-22-51(45)63(53(47)52(46)62)56-60-54(40-17-9-6-10-18-40)59-55(61-56)41-25-23-38(24-26-41)37-15-7-5-8-16-37/h5-35H,36H2,1-4H3. The minimum Gasteiger partial charge on any atom is -0.307 e. The third-order valence-corrected chi connectivity index (χ3v) is 13.4. The lowest BCUT2D eigenvalue weighted by Crippen LogP contribution is -2.17. The molecule has 3 heterocycles. The van der Waals surface area contributed by atoms with Crippen molar-refractivity contribution >= 4 is 43.6 Å². The topological polar surface area (TPSA) is 48.5 Å². The molecule has 0 radical (unpaired) electrons. The first kappa shape index (κ1) is 37.2. The number of fused-ring (bicyclic) bond motifs is 8. The second-order valence-corrected chi connectivity index (χ2v) is 18.4. The van der Waals surface area contributed by atoms with Crippen LogP contribution in [0.3, 0.4) is 0 Å². The Bertz CT molecular complexity index is 3560. The van der Waals surface area contributed by atoms with Crippen LogP contribution in [0.5, 0.6) is 0 Å². The van der Waals surface area contributed by atoms with Gasteiger partial charge in [-0.25, -0.2) is 4.98 Å². The molecule has 0 N–H and O–H groups in total. The van der Waals surface area contributed by atoms with E-state index < -0.39 is 0 Å². The van der Waals surface area contributed by atoms with Crippen LogP contribution >= 0.6 is 0 Å². The molecule has 63 heavy (non-hydrogen) atoms. The van der Waals surface area contributed by atoms with E-state index in [1.807, 2.05) is 24.3 Å². The van der Waals surface area contributed by atoms with E-state index in [1.165, 1.54) is 38.6 Å². The minimum absolute atomic E-state index is 0.135. The van der Waals surface area contributed by atoms with Gasteiger partial charge in [-0.1, -0.05) is 191 Å². The summed E-state index contributed by atoms with van der Waals surface area (Å²) in [6.07, 6.45) is 1.15. The maximum absolute atomic E-state index is 5.36. The Balaban J connectivity index is 1.09. The second kappa shape index (κ2) is 13.9. The van der Waals surface area contributed by atoms with Gasteiger partial charge >= 0.3 is 0 Å².